The number of halogens is 2. The smallest absolute Gasteiger partial charge is 0.319 e. The fourth-order valence-electron chi connectivity index (χ4n) is 3.46. The first-order valence-electron chi connectivity index (χ1n) is 8.26. The molecule has 2 aliphatic heterocycles. The van der Waals surface area contributed by atoms with Crippen LogP contribution in [0.1, 0.15) is 22.9 Å². The van der Waals surface area contributed by atoms with Crippen LogP contribution in [0.2, 0.25) is 10.0 Å². The lowest BCUT2D eigenvalue weighted by Gasteiger charge is -2.30. The summed E-state index contributed by atoms with van der Waals surface area (Å²) in [7, 11) is 0. The van der Waals surface area contributed by atoms with Crippen molar-refractivity contribution in [2.24, 2.45) is 0 Å². The van der Waals surface area contributed by atoms with Crippen LogP contribution in [0.3, 0.4) is 0 Å². The molecule has 0 radical (unpaired) electrons. The number of carbonyl (C=O) groups is 2. The van der Waals surface area contributed by atoms with E-state index >= 15 is 0 Å². The molecule has 3 heterocycles. The van der Waals surface area contributed by atoms with Crippen LogP contribution in [0.15, 0.2) is 29.6 Å². The van der Waals surface area contributed by atoms with E-state index in [2.05, 4.69) is 21.7 Å². The van der Waals surface area contributed by atoms with E-state index in [4.69, 9.17) is 23.2 Å². The molecule has 1 atom stereocenters. The van der Waals surface area contributed by atoms with Crippen LogP contribution >= 0.6 is 34.5 Å². The van der Waals surface area contributed by atoms with Crippen molar-refractivity contribution in [3.63, 3.8) is 0 Å². The van der Waals surface area contributed by atoms with Crippen molar-refractivity contribution in [2.45, 2.75) is 25.4 Å². The Balaban J connectivity index is 1.54. The third-order valence-electron chi connectivity index (χ3n) is 5.00. The first-order valence-corrected chi connectivity index (χ1v) is 9.89. The summed E-state index contributed by atoms with van der Waals surface area (Å²) in [5, 5.41) is 5.66. The fourth-order valence-corrected chi connectivity index (χ4v) is 4.64. The molecule has 5 nitrogen and oxygen atoms in total. The molecule has 8 heteroatoms. The number of rotatable bonds is 3. The second-order valence-corrected chi connectivity index (χ2v) is 8.55. The van der Waals surface area contributed by atoms with Gasteiger partial charge in [-0.05, 0) is 48.1 Å². The number of benzene rings is 1. The van der Waals surface area contributed by atoms with Crippen LogP contribution in [0.5, 0.6) is 0 Å². The van der Waals surface area contributed by atoms with E-state index in [0.717, 1.165) is 19.5 Å². The third kappa shape index (κ3) is 2.91. The molecule has 26 heavy (non-hydrogen) atoms. The average molecular weight is 410 g/mol. The van der Waals surface area contributed by atoms with Gasteiger partial charge in [-0.15, -0.1) is 11.3 Å². The summed E-state index contributed by atoms with van der Waals surface area (Å²) in [6.45, 7) is 3.55. The van der Waals surface area contributed by atoms with Crippen molar-refractivity contribution in [1.29, 1.82) is 0 Å². The predicted molar refractivity (Wildman–Crippen MR) is 102 cm³/mol. The van der Waals surface area contributed by atoms with E-state index in [-0.39, 0.29) is 18.6 Å². The number of urea groups is 1. The molecular weight excluding hydrogens is 393 g/mol. The van der Waals surface area contributed by atoms with Crippen molar-refractivity contribution in [1.82, 2.24) is 15.1 Å². The van der Waals surface area contributed by atoms with E-state index in [0.29, 0.717) is 15.6 Å². The summed E-state index contributed by atoms with van der Waals surface area (Å²) in [4.78, 5) is 30.3. The minimum Gasteiger partial charge on any atom is -0.319 e. The van der Waals surface area contributed by atoms with Crippen LogP contribution in [0.25, 0.3) is 0 Å². The monoisotopic (exact) mass is 409 g/mol. The summed E-state index contributed by atoms with van der Waals surface area (Å²) in [5.74, 6) is -0.281. The number of carbonyl (C=O) groups excluding carboxylic acids is 2. The lowest BCUT2D eigenvalue weighted by Crippen LogP contribution is -2.45. The van der Waals surface area contributed by atoms with Crippen molar-refractivity contribution >= 4 is 46.5 Å². The maximum atomic E-state index is 13.0. The molecule has 2 aromatic rings. The zero-order chi connectivity index (χ0) is 18.5. The molecule has 0 bridgehead atoms. The SMILES string of the molecule is CC1(c2ccc(Cl)c(Cl)c2)NC(=O)N(CN2CCc3sccc3C2)C1=O. The van der Waals surface area contributed by atoms with Crippen LogP contribution in [0, 0.1) is 0 Å². The Bertz CT molecular complexity index is 900. The van der Waals surface area contributed by atoms with Crippen molar-refractivity contribution in [3.05, 3.63) is 55.7 Å². The van der Waals surface area contributed by atoms with Gasteiger partial charge >= 0.3 is 6.03 Å². The highest BCUT2D eigenvalue weighted by atomic mass is 35.5. The largest absolute Gasteiger partial charge is 0.326 e. The first kappa shape index (κ1) is 17.8. The first-order chi connectivity index (χ1) is 12.4. The van der Waals surface area contributed by atoms with Gasteiger partial charge in [0, 0.05) is 18.0 Å². The molecule has 1 unspecified atom stereocenters. The topological polar surface area (TPSA) is 52.7 Å². The summed E-state index contributed by atoms with van der Waals surface area (Å²) in [6.07, 6.45) is 0.945. The number of nitrogens with zero attached hydrogens (tertiary/aromatic N) is 2. The van der Waals surface area contributed by atoms with Gasteiger partial charge in [0.05, 0.1) is 16.7 Å². The second kappa shape index (κ2) is 6.53. The molecule has 0 saturated carbocycles. The van der Waals surface area contributed by atoms with Gasteiger partial charge in [-0.2, -0.15) is 0 Å². The molecule has 1 fully saturated rings. The quantitative estimate of drug-likeness (QED) is 0.783. The zero-order valence-corrected chi connectivity index (χ0v) is 16.4. The van der Waals surface area contributed by atoms with Gasteiger partial charge in [-0.1, -0.05) is 29.3 Å². The molecule has 1 aromatic carbocycles. The maximum Gasteiger partial charge on any atom is 0.326 e. The summed E-state index contributed by atoms with van der Waals surface area (Å²) in [6, 6.07) is 6.70. The number of hydrogen-bond donors (Lipinski definition) is 1. The number of fused-ring (bicyclic) bond motifs is 1. The van der Waals surface area contributed by atoms with Gasteiger partial charge in [-0.3, -0.25) is 9.69 Å². The Morgan fingerprint density at radius 3 is 2.81 bits per heavy atom. The number of thiophene rings is 1. The van der Waals surface area contributed by atoms with Crippen molar-refractivity contribution < 1.29 is 9.59 Å². The lowest BCUT2D eigenvalue weighted by molar-refractivity contribution is -0.132. The minimum atomic E-state index is -1.14. The predicted octanol–water partition coefficient (Wildman–Crippen LogP) is 3.84. The van der Waals surface area contributed by atoms with Crippen LogP contribution < -0.4 is 5.32 Å². The second-order valence-electron chi connectivity index (χ2n) is 6.73. The molecule has 2 aliphatic rings. The highest BCUT2D eigenvalue weighted by Gasteiger charge is 2.49. The van der Waals surface area contributed by atoms with Crippen molar-refractivity contribution in [3.8, 4) is 0 Å². The Labute approximate surface area is 165 Å². The highest BCUT2D eigenvalue weighted by Crippen LogP contribution is 2.33. The number of hydrogen-bond acceptors (Lipinski definition) is 4. The Morgan fingerprint density at radius 1 is 1.23 bits per heavy atom. The van der Waals surface area contributed by atoms with Gasteiger partial charge in [0.25, 0.3) is 5.91 Å². The van der Waals surface area contributed by atoms with Gasteiger partial charge < -0.3 is 5.32 Å². The van der Waals surface area contributed by atoms with Gasteiger partial charge in [0.15, 0.2) is 0 Å². The van der Waals surface area contributed by atoms with Gasteiger partial charge in [-0.25, -0.2) is 9.69 Å². The Hall–Kier alpha value is -1.60. The van der Waals surface area contributed by atoms with Crippen LogP contribution in [-0.2, 0) is 23.3 Å². The molecular formula is C18H17Cl2N3O2S. The van der Waals surface area contributed by atoms with E-state index in [1.165, 1.54) is 15.3 Å². The van der Waals surface area contributed by atoms with E-state index in [1.807, 2.05) is 0 Å². The average Bonchev–Trinajstić information content (AvgIpc) is 3.16. The Morgan fingerprint density at radius 2 is 2.04 bits per heavy atom. The number of nitrogens with one attached hydrogen (secondary N) is 1. The normalized spacial score (nSPS) is 23.3. The minimum absolute atomic E-state index is 0.275. The molecule has 136 valence electrons. The van der Waals surface area contributed by atoms with E-state index < -0.39 is 5.54 Å². The molecule has 1 saturated heterocycles. The highest BCUT2D eigenvalue weighted by molar-refractivity contribution is 7.10. The fraction of sp³-hybridized carbons (Fsp3) is 0.333. The van der Waals surface area contributed by atoms with E-state index in [1.54, 1.807) is 36.5 Å². The zero-order valence-electron chi connectivity index (χ0n) is 14.1. The molecule has 1 N–H and O–H groups in total. The molecule has 1 aromatic heterocycles. The third-order valence-corrected chi connectivity index (χ3v) is 6.76. The van der Waals surface area contributed by atoms with Gasteiger partial charge in [0.1, 0.15) is 5.54 Å². The standard InChI is InChI=1S/C18H17Cl2N3O2S/c1-18(12-2-3-13(19)14(20)8-12)16(24)23(17(25)21-18)10-22-6-4-15-11(9-22)5-7-26-15/h2-3,5,7-8H,4,6,9-10H2,1H3,(H,21,25). The number of imide groups is 1. The molecule has 0 spiro atoms. The molecule has 4 rings (SSSR count). The molecule has 0 aliphatic carbocycles. The summed E-state index contributed by atoms with van der Waals surface area (Å²) >= 11 is 13.8. The van der Waals surface area contributed by atoms with Crippen LogP contribution in [-0.4, -0.2) is 35.0 Å². The van der Waals surface area contributed by atoms with Crippen molar-refractivity contribution in [2.75, 3.05) is 13.2 Å². The lowest BCUT2D eigenvalue weighted by atomic mass is 9.92. The summed E-state index contributed by atoms with van der Waals surface area (Å²) in [5.41, 5.74) is 0.751. The van der Waals surface area contributed by atoms with Crippen LogP contribution in [0.4, 0.5) is 4.79 Å². The van der Waals surface area contributed by atoms with Gasteiger partial charge in [0.2, 0.25) is 0 Å². The number of amides is 3. The summed E-state index contributed by atoms with van der Waals surface area (Å²) < 4.78 is 0. The molecule has 3 amide bonds. The maximum absolute atomic E-state index is 13.0. The van der Waals surface area contributed by atoms with E-state index in [9.17, 15) is 9.59 Å². The Kier molecular flexibility index (Phi) is 4.47.